The molecule has 15 heavy (non-hydrogen) atoms. The largest absolute Gasteiger partial charge is 0.383 e. The van der Waals surface area contributed by atoms with Gasteiger partial charge in [-0.25, -0.2) is 8.78 Å². The van der Waals surface area contributed by atoms with Crippen molar-refractivity contribution in [3.63, 3.8) is 0 Å². The van der Waals surface area contributed by atoms with Crippen molar-refractivity contribution >= 4 is 0 Å². The van der Waals surface area contributed by atoms with Crippen molar-refractivity contribution in [3.8, 4) is 0 Å². The highest BCUT2D eigenvalue weighted by Crippen LogP contribution is 2.58. The Morgan fingerprint density at radius 1 is 0.800 bits per heavy atom. The highest BCUT2D eigenvalue weighted by molar-refractivity contribution is 5.42. The lowest BCUT2D eigenvalue weighted by Gasteiger charge is -2.36. The quantitative estimate of drug-likeness (QED) is 0.565. The van der Waals surface area contributed by atoms with Gasteiger partial charge >= 0.3 is 17.8 Å². The van der Waals surface area contributed by atoms with Crippen LogP contribution in [0.5, 0.6) is 0 Å². The van der Waals surface area contributed by atoms with Crippen LogP contribution in [0, 0.1) is 0 Å². The molecule has 1 rings (SSSR count). The van der Waals surface area contributed by atoms with Gasteiger partial charge in [-0.1, -0.05) is 6.58 Å². The van der Waals surface area contributed by atoms with E-state index in [0.29, 0.717) is 0 Å². The monoisotopic (exact) mass is 238 g/mol. The van der Waals surface area contributed by atoms with Crippen LogP contribution in [-0.2, 0) is 0 Å². The summed E-state index contributed by atoms with van der Waals surface area (Å²) < 4.78 is 99.4. The third-order valence-corrected chi connectivity index (χ3v) is 1.90. The summed E-state index contributed by atoms with van der Waals surface area (Å²) in [5.41, 5.74) is -2.30. The number of rotatable bonds is 0. The molecule has 0 unspecified atom stereocenters. The van der Waals surface area contributed by atoms with E-state index in [4.69, 9.17) is 0 Å². The van der Waals surface area contributed by atoms with Crippen molar-refractivity contribution in [3.05, 3.63) is 23.8 Å². The fourth-order valence-corrected chi connectivity index (χ4v) is 0.933. The molecule has 0 saturated carbocycles. The Morgan fingerprint density at radius 2 is 1.20 bits per heavy atom. The maximum absolute atomic E-state index is 12.5. The smallest absolute Gasteiger partial charge is 0.203 e. The Hall–Kier alpha value is -1.08. The Labute approximate surface area is 77.9 Å². The first-order valence-corrected chi connectivity index (χ1v) is 3.37. The van der Waals surface area contributed by atoms with Crippen molar-refractivity contribution in [2.75, 3.05) is 0 Å². The predicted molar refractivity (Wildman–Crippen MR) is 33.2 cm³/mol. The van der Waals surface area contributed by atoms with E-state index in [1.807, 2.05) is 0 Å². The second-order valence-corrected chi connectivity index (χ2v) is 2.83. The predicted octanol–water partition coefficient (Wildman–Crippen LogP) is 3.61. The maximum Gasteiger partial charge on any atom is 0.383 e. The molecule has 86 valence electrons. The first-order valence-electron chi connectivity index (χ1n) is 3.37. The van der Waals surface area contributed by atoms with Gasteiger partial charge in [0.05, 0.1) is 5.57 Å². The average Bonchev–Trinajstić information content (AvgIpc) is 2.12. The molecule has 0 atom stereocenters. The van der Waals surface area contributed by atoms with Gasteiger partial charge in [-0.15, -0.1) is 0 Å². The van der Waals surface area contributed by atoms with Crippen molar-refractivity contribution in [2.24, 2.45) is 0 Å². The third kappa shape index (κ3) is 1.13. The molecule has 1 aliphatic carbocycles. The molecule has 0 heterocycles. The summed E-state index contributed by atoms with van der Waals surface area (Å²) >= 11 is 0. The van der Waals surface area contributed by atoms with Crippen LogP contribution in [0.4, 0.5) is 35.1 Å². The molecule has 0 N–H and O–H groups in total. The van der Waals surface area contributed by atoms with Gasteiger partial charge in [-0.2, -0.15) is 26.3 Å². The molecule has 0 saturated heterocycles. The molecule has 8 heteroatoms. The van der Waals surface area contributed by atoms with E-state index < -0.39 is 35.0 Å². The number of hydrogen-bond acceptors (Lipinski definition) is 0. The fraction of sp³-hybridized carbons (Fsp3) is 0.429. The van der Waals surface area contributed by atoms with E-state index >= 15 is 0 Å². The molecule has 0 aromatic heterocycles. The van der Waals surface area contributed by atoms with Crippen LogP contribution in [0.2, 0.25) is 0 Å². The Kier molecular flexibility index (Phi) is 2.18. The summed E-state index contributed by atoms with van der Waals surface area (Å²) in [5.74, 6) is -23.4. The molecule has 0 bridgehead atoms. The van der Waals surface area contributed by atoms with Gasteiger partial charge in [0.1, 0.15) is 0 Å². The zero-order valence-electron chi connectivity index (χ0n) is 6.73. The van der Waals surface area contributed by atoms with Gasteiger partial charge in [-0.05, 0) is 0 Å². The number of allylic oxidation sites excluding steroid dienone is 3. The van der Waals surface area contributed by atoms with Gasteiger partial charge in [0.2, 0.25) is 5.83 Å². The molecule has 0 aliphatic heterocycles. The topological polar surface area (TPSA) is 0 Å². The van der Waals surface area contributed by atoms with E-state index in [2.05, 4.69) is 6.58 Å². The first kappa shape index (κ1) is 12.0. The minimum absolute atomic E-state index is 2.12. The van der Waals surface area contributed by atoms with Gasteiger partial charge in [-0.3, -0.25) is 0 Å². The Bertz CT molecular complexity index is 350. The van der Waals surface area contributed by atoms with E-state index in [1.54, 1.807) is 0 Å². The zero-order valence-corrected chi connectivity index (χ0v) is 6.73. The lowest BCUT2D eigenvalue weighted by Crippen LogP contribution is -2.58. The average molecular weight is 238 g/mol. The molecule has 0 aromatic carbocycles. The minimum atomic E-state index is -6.04. The van der Waals surface area contributed by atoms with E-state index in [0.717, 1.165) is 0 Å². The second kappa shape index (κ2) is 2.73. The molecule has 0 nitrogen and oxygen atoms in total. The molecular weight excluding hydrogens is 236 g/mol. The highest BCUT2D eigenvalue weighted by atomic mass is 19.3. The van der Waals surface area contributed by atoms with Gasteiger partial charge < -0.3 is 0 Å². The summed E-state index contributed by atoms with van der Waals surface area (Å²) in [5, 5.41) is 0. The summed E-state index contributed by atoms with van der Waals surface area (Å²) in [6.07, 6.45) is 0. The lowest BCUT2D eigenvalue weighted by atomic mass is 9.90. The standard InChI is InChI=1S/C7H2F8/c1-2-3(8)4(9)6(12,13)7(14,15)5(2,10)11/h1H2. The molecular formula is C7H2F8. The van der Waals surface area contributed by atoms with Crippen LogP contribution < -0.4 is 0 Å². The molecule has 0 fully saturated rings. The summed E-state index contributed by atoms with van der Waals surface area (Å²) in [7, 11) is 0. The minimum Gasteiger partial charge on any atom is -0.203 e. The van der Waals surface area contributed by atoms with E-state index in [9.17, 15) is 35.1 Å². The Morgan fingerprint density at radius 3 is 1.60 bits per heavy atom. The van der Waals surface area contributed by atoms with Crippen molar-refractivity contribution < 1.29 is 35.1 Å². The first-order chi connectivity index (χ1) is 6.48. The molecule has 0 amide bonds. The van der Waals surface area contributed by atoms with Crippen LogP contribution in [0.1, 0.15) is 0 Å². The molecule has 0 aromatic rings. The Balaban J connectivity index is 3.56. The SMILES string of the molecule is C=C1C(F)=C(F)C(F)(F)C(F)(F)C1(F)F. The van der Waals surface area contributed by atoms with Crippen molar-refractivity contribution in [1.29, 1.82) is 0 Å². The van der Waals surface area contributed by atoms with Crippen molar-refractivity contribution in [1.82, 2.24) is 0 Å². The van der Waals surface area contributed by atoms with Gasteiger partial charge in [0, 0.05) is 0 Å². The summed E-state index contributed by atoms with van der Waals surface area (Å²) in [4.78, 5) is 0. The van der Waals surface area contributed by atoms with Crippen LogP contribution in [-0.4, -0.2) is 17.8 Å². The highest BCUT2D eigenvalue weighted by Gasteiger charge is 2.78. The zero-order chi connectivity index (χ0) is 12.2. The van der Waals surface area contributed by atoms with Crippen LogP contribution in [0.25, 0.3) is 0 Å². The van der Waals surface area contributed by atoms with Crippen molar-refractivity contribution in [2.45, 2.75) is 17.8 Å². The molecule has 0 spiro atoms. The number of hydrogen-bond donors (Lipinski definition) is 0. The normalized spacial score (nSPS) is 28.1. The van der Waals surface area contributed by atoms with Crippen LogP contribution >= 0.6 is 0 Å². The number of alkyl halides is 6. The number of halogens is 8. The second-order valence-electron chi connectivity index (χ2n) is 2.83. The van der Waals surface area contributed by atoms with Gasteiger partial charge in [0.15, 0.2) is 5.83 Å². The van der Waals surface area contributed by atoms with Gasteiger partial charge in [0.25, 0.3) is 0 Å². The van der Waals surface area contributed by atoms with E-state index in [-0.39, 0.29) is 0 Å². The maximum atomic E-state index is 12.5. The molecule has 0 radical (unpaired) electrons. The van der Waals surface area contributed by atoms with Crippen LogP contribution in [0.15, 0.2) is 23.8 Å². The lowest BCUT2D eigenvalue weighted by molar-refractivity contribution is -0.292. The summed E-state index contributed by atoms with van der Waals surface area (Å²) in [6.45, 7) is 2.12. The fourth-order valence-electron chi connectivity index (χ4n) is 0.933. The molecule has 1 aliphatic rings. The third-order valence-electron chi connectivity index (χ3n) is 1.90. The van der Waals surface area contributed by atoms with Crippen LogP contribution in [0.3, 0.4) is 0 Å². The summed E-state index contributed by atoms with van der Waals surface area (Å²) in [6, 6.07) is 0. The van der Waals surface area contributed by atoms with E-state index in [1.165, 1.54) is 0 Å².